The second kappa shape index (κ2) is 7.20. The van der Waals surface area contributed by atoms with E-state index in [0.717, 1.165) is 35.1 Å². The van der Waals surface area contributed by atoms with E-state index in [9.17, 15) is 0 Å². The normalized spacial score (nSPS) is 10.5. The molecule has 0 saturated heterocycles. The Kier molecular flexibility index (Phi) is 5.30. The summed E-state index contributed by atoms with van der Waals surface area (Å²) in [5.41, 5.74) is 9.06. The summed E-state index contributed by atoms with van der Waals surface area (Å²) in [6.45, 7) is 4.89. The first kappa shape index (κ1) is 14.7. The molecule has 2 N–H and O–H groups in total. The number of pyridine rings is 1. The molecular weight excluding hydrogens is 268 g/mol. The van der Waals surface area contributed by atoms with E-state index in [1.807, 2.05) is 6.07 Å². The number of thioether (sulfide) groups is 1. The molecule has 106 valence electrons. The van der Waals surface area contributed by atoms with Crippen LogP contribution in [0.3, 0.4) is 0 Å². The van der Waals surface area contributed by atoms with E-state index in [4.69, 9.17) is 10.5 Å². The van der Waals surface area contributed by atoms with Gasteiger partial charge >= 0.3 is 0 Å². The highest BCUT2D eigenvalue weighted by atomic mass is 32.2. The number of ether oxygens (including phenoxy) is 1. The van der Waals surface area contributed by atoms with Gasteiger partial charge in [0, 0.05) is 16.8 Å². The Balaban J connectivity index is 1.73. The molecule has 0 amide bonds. The first-order chi connectivity index (χ1) is 9.65. The summed E-state index contributed by atoms with van der Waals surface area (Å²) < 4.78 is 5.78. The van der Waals surface area contributed by atoms with E-state index in [0.29, 0.717) is 0 Å². The Morgan fingerprint density at radius 2 is 1.95 bits per heavy atom. The van der Waals surface area contributed by atoms with Crippen molar-refractivity contribution in [1.29, 1.82) is 0 Å². The summed E-state index contributed by atoms with van der Waals surface area (Å²) in [5.74, 6) is 1.94. The number of aryl methyl sites for hydroxylation is 2. The summed E-state index contributed by atoms with van der Waals surface area (Å²) in [6.07, 6.45) is 4.44. The fraction of sp³-hybridized carbons (Fsp3) is 0.312. The summed E-state index contributed by atoms with van der Waals surface area (Å²) >= 11 is 1.74. The number of aromatic nitrogens is 1. The highest BCUT2D eigenvalue weighted by Gasteiger charge is 2.00. The number of anilines is 1. The molecule has 0 aliphatic carbocycles. The number of benzene rings is 1. The molecule has 1 heterocycles. The lowest BCUT2D eigenvalue weighted by Crippen LogP contribution is -1.99. The van der Waals surface area contributed by atoms with E-state index in [1.54, 1.807) is 24.2 Å². The van der Waals surface area contributed by atoms with Gasteiger partial charge in [0.05, 0.1) is 18.5 Å². The minimum atomic E-state index is 0.723. The van der Waals surface area contributed by atoms with Crippen molar-refractivity contribution in [2.45, 2.75) is 25.2 Å². The summed E-state index contributed by atoms with van der Waals surface area (Å²) in [4.78, 5) is 5.07. The zero-order valence-electron chi connectivity index (χ0n) is 11.9. The van der Waals surface area contributed by atoms with Gasteiger partial charge in [-0.05, 0) is 49.6 Å². The van der Waals surface area contributed by atoms with Crippen LogP contribution in [0.4, 0.5) is 5.69 Å². The van der Waals surface area contributed by atoms with Crippen molar-refractivity contribution >= 4 is 17.4 Å². The fourth-order valence-electron chi connectivity index (χ4n) is 1.97. The van der Waals surface area contributed by atoms with Crippen LogP contribution in [0.2, 0.25) is 0 Å². The molecule has 0 radical (unpaired) electrons. The van der Waals surface area contributed by atoms with Crippen molar-refractivity contribution in [2.75, 3.05) is 18.1 Å². The molecule has 3 nitrogen and oxygen atoms in total. The van der Waals surface area contributed by atoms with Crippen LogP contribution in [0.5, 0.6) is 5.75 Å². The number of rotatable bonds is 6. The van der Waals surface area contributed by atoms with E-state index < -0.39 is 0 Å². The van der Waals surface area contributed by atoms with Crippen LogP contribution in [0.25, 0.3) is 0 Å². The van der Waals surface area contributed by atoms with Gasteiger partial charge < -0.3 is 10.5 Å². The van der Waals surface area contributed by atoms with Gasteiger partial charge in [0.2, 0.25) is 0 Å². The van der Waals surface area contributed by atoms with Gasteiger partial charge in [-0.1, -0.05) is 6.07 Å². The topological polar surface area (TPSA) is 48.1 Å². The standard InChI is InChI=1S/C16H20N2OS/c1-12-8-13(2)10-14(9-12)19-6-3-7-20-16-4-5-18-11-15(16)17/h4-5,8-11H,3,6-7,17H2,1-2H3. The van der Waals surface area contributed by atoms with Gasteiger partial charge in [0.15, 0.2) is 0 Å². The number of nitrogens with zero attached hydrogens (tertiary/aromatic N) is 1. The summed E-state index contributed by atoms with van der Waals surface area (Å²) in [5, 5.41) is 0. The Bertz CT molecular complexity index is 552. The van der Waals surface area contributed by atoms with Crippen molar-refractivity contribution in [2.24, 2.45) is 0 Å². The fourth-order valence-corrected chi connectivity index (χ4v) is 2.83. The molecule has 0 aliphatic heterocycles. The van der Waals surface area contributed by atoms with Crippen molar-refractivity contribution in [3.05, 3.63) is 47.8 Å². The maximum Gasteiger partial charge on any atom is 0.119 e. The van der Waals surface area contributed by atoms with Crippen molar-refractivity contribution in [3.63, 3.8) is 0 Å². The van der Waals surface area contributed by atoms with E-state index >= 15 is 0 Å². The summed E-state index contributed by atoms with van der Waals surface area (Å²) in [6, 6.07) is 8.24. The maximum atomic E-state index is 5.85. The minimum Gasteiger partial charge on any atom is -0.494 e. The molecule has 0 fully saturated rings. The van der Waals surface area contributed by atoms with Crippen LogP contribution in [0, 0.1) is 13.8 Å². The zero-order valence-corrected chi connectivity index (χ0v) is 12.7. The molecule has 0 saturated carbocycles. The molecule has 0 spiro atoms. The Labute approximate surface area is 124 Å². The molecule has 2 aromatic rings. The maximum absolute atomic E-state index is 5.85. The molecule has 1 aromatic heterocycles. The van der Waals surface area contributed by atoms with E-state index in [-0.39, 0.29) is 0 Å². The lowest BCUT2D eigenvalue weighted by atomic mass is 10.1. The Morgan fingerprint density at radius 3 is 2.65 bits per heavy atom. The highest BCUT2D eigenvalue weighted by molar-refractivity contribution is 7.99. The van der Waals surface area contributed by atoms with Crippen molar-refractivity contribution in [3.8, 4) is 5.75 Å². The highest BCUT2D eigenvalue weighted by Crippen LogP contribution is 2.24. The third-order valence-corrected chi connectivity index (χ3v) is 4.00. The van der Waals surface area contributed by atoms with Crippen LogP contribution in [0.15, 0.2) is 41.6 Å². The van der Waals surface area contributed by atoms with E-state index in [1.165, 1.54) is 11.1 Å². The second-order valence-electron chi connectivity index (χ2n) is 4.79. The average molecular weight is 288 g/mol. The smallest absolute Gasteiger partial charge is 0.119 e. The van der Waals surface area contributed by atoms with Crippen LogP contribution in [-0.2, 0) is 0 Å². The van der Waals surface area contributed by atoms with Crippen molar-refractivity contribution in [1.82, 2.24) is 4.98 Å². The van der Waals surface area contributed by atoms with Gasteiger partial charge in [0.25, 0.3) is 0 Å². The van der Waals surface area contributed by atoms with Gasteiger partial charge in [-0.25, -0.2) is 0 Å². The Hall–Kier alpha value is -1.68. The zero-order chi connectivity index (χ0) is 14.4. The van der Waals surface area contributed by atoms with Crippen LogP contribution >= 0.6 is 11.8 Å². The second-order valence-corrected chi connectivity index (χ2v) is 5.92. The average Bonchev–Trinajstić information content (AvgIpc) is 2.39. The number of nitrogen functional groups attached to an aromatic ring is 1. The van der Waals surface area contributed by atoms with Crippen LogP contribution in [-0.4, -0.2) is 17.3 Å². The van der Waals surface area contributed by atoms with Crippen LogP contribution < -0.4 is 10.5 Å². The molecule has 2 rings (SSSR count). The molecule has 0 atom stereocenters. The molecule has 20 heavy (non-hydrogen) atoms. The van der Waals surface area contributed by atoms with Gasteiger partial charge in [0.1, 0.15) is 5.75 Å². The molecule has 0 unspecified atom stereocenters. The van der Waals surface area contributed by atoms with Crippen LogP contribution in [0.1, 0.15) is 17.5 Å². The molecule has 0 bridgehead atoms. The largest absolute Gasteiger partial charge is 0.494 e. The number of hydrogen-bond acceptors (Lipinski definition) is 4. The number of nitrogens with two attached hydrogens (primary N) is 1. The van der Waals surface area contributed by atoms with Gasteiger partial charge in [-0.3, -0.25) is 4.98 Å². The SMILES string of the molecule is Cc1cc(C)cc(OCCCSc2ccncc2N)c1. The molecule has 1 aromatic carbocycles. The lowest BCUT2D eigenvalue weighted by molar-refractivity contribution is 0.318. The first-order valence-corrected chi connectivity index (χ1v) is 7.67. The predicted molar refractivity (Wildman–Crippen MR) is 85.4 cm³/mol. The number of hydrogen-bond donors (Lipinski definition) is 1. The third-order valence-electron chi connectivity index (χ3n) is 2.82. The lowest BCUT2D eigenvalue weighted by Gasteiger charge is -2.08. The minimum absolute atomic E-state index is 0.723. The monoisotopic (exact) mass is 288 g/mol. The Morgan fingerprint density at radius 1 is 1.20 bits per heavy atom. The van der Waals surface area contributed by atoms with Gasteiger partial charge in [-0.15, -0.1) is 11.8 Å². The third kappa shape index (κ3) is 4.46. The molecule has 0 aliphatic rings. The molecule has 4 heteroatoms. The van der Waals surface area contributed by atoms with Gasteiger partial charge in [-0.2, -0.15) is 0 Å². The first-order valence-electron chi connectivity index (χ1n) is 6.68. The molecular formula is C16H20N2OS. The quantitative estimate of drug-likeness (QED) is 0.648. The van der Waals surface area contributed by atoms with E-state index in [2.05, 4.69) is 37.0 Å². The summed E-state index contributed by atoms with van der Waals surface area (Å²) in [7, 11) is 0. The predicted octanol–water partition coefficient (Wildman–Crippen LogP) is 3.84. The van der Waals surface area contributed by atoms with Crippen molar-refractivity contribution < 1.29 is 4.74 Å².